The predicted molar refractivity (Wildman–Crippen MR) is 125 cm³/mol. The number of anilines is 1. The van der Waals surface area contributed by atoms with E-state index in [-0.39, 0.29) is 0 Å². The Bertz CT molecular complexity index is 1280. The number of hydrogen-bond acceptors (Lipinski definition) is 6. The zero-order valence-electron chi connectivity index (χ0n) is 17.4. The normalized spacial score (nSPS) is 13.2. The van der Waals surface area contributed by atoms with Crippen LogP contribution in [0.3, 0.4) is 0 Å². The van der Waals surface area contributed by atoms with Crippen molar-refractivity contribution < 1.29 is 14.4 Å². The Balaban J connectivity index is 1.53. The molecule has 0 radical (unpaired) electrons. The summed E-state index contributed by atoms with van der Waals surface area (Å²) < 4.78 is 8.73. The van der Waals surface area contributed by atoms with E-state index in [9.17, 15) is 9.90 Å². The lowest BCUT2D eigenvalue weighted by Crippen LogP contribution is -1.99. The molecule has 5 rings (SSSR count). The standard InChI is InChI=1S/C25H21N3O3S/c1-15-22(14-27-31-15)17-6-8-20(19-3-2-10-26-13-19)23(11-17)28-32-24-12-18(25(29)30)7-9-21(24)16-4-5-16/h2-3,6-14,16,28H,4-5H2,1H3,(H,29,30). The van der Waals surface area contributed by atoms with E-state index >= 15 is 0 Å². The summed E-state index contributed by atoms with van der Waals surface area (Å²) in [5, 5.41) is 13.3. The van der Waals surface area contributed by atoms with Gasteiger partial charge in [0.15, 0.2) is 0 Å². The average molecular weight is 444 g/mol. The molecule has 6 nitrogen and oxygen atoms in total. The van der Waals surface area contributed by atoms with Crippen LogP contribution in [-0.2, 0) is 0 Å². The number of pyridine rings is 1. The summed E-state index contributed by atoms with van der Waals surface area (Å²) >= 11 is 1.45. The molecule has 1 aliphatic carbocycles. The SMILES string of the molecule is Cc1oncc1-c1ccc(-c2cccnc2)c(NSc2cc(C(=O)O)ccc2C2CC2)c1. The fourth-order valence-corrected chi connectivity index (χ4v) is 4.67. The minimum absolute atomic E-state index is 0.292. The zero-order valence-corrected chi connectivity index (χ0v) is 18.2. The van der Waals surface area contributed by atoms with Gasteiger partial charge in [-0.3, -0.25) is 4.98 Å². The second-order valence-corrected chi connectivity index (χ2v) is 8.68. The number of carboxylic acids is 1. The third-order valence-corrected chi connectivity index (χ3v) is 6.50. The van der Waals surface area contributed by atoms with Crippen molar-refractivity contribution in [3.05, 3.63) is 84.0 Å². The van der Waals surface area contributed by atoms with Gasteiger partial charge in [0.1, 0.15) is 5.76 Å². The lowest BCUT2D eigenvalue weighted by molar-refractivity contribution is 0.0696. The number of rotatable bonds is 7. The maximum absolute atomic E-state index is 11.5. The van der Waals surface area contributed by atoms with E-state index in [1.54, 1.807) is 24.5 Å². The first-order chi connectivity index (χ1) is 15.6. The van der Waals surface area contributed by atoms with Crippen LogP contribution in [-0.4, -0.2) is 21.2 Å². The van der Waals surface area contributed by atoms with Gasteiger partial charge in [-0.25, -0.2) is 4.79 Å². The second kappa shape index (κ2) is 8.51. The van der Waals surface area contributed by atoms with Crippen LogP contribution in [0.4, 0.5) is 5.69 Å². The van der Waals surface area contributed by atoms with Crippen molar-refractivity contribution in [2.45, 2.75) is 30.6 Å². The first-order valence-corrected chi connectivity index (χ1v) is 11.2. The van der Waals surface area contributed by atoms with Gasteiger partial charge in [-0.05, 0) is 73.0 Å². The van der Waals surface area contributed by atoms with E-state index in [2.05, 4.69) is 27.0 Å². The summed E-state index contributed by atoms with van der Waals surface area (Å²) in [6.45, 7) is 1.89. The van der Waals surface area contributed by atoms with Crippen LogP contribution < -0.4 is 4.72 Å². The molecule has 1 aliphatic rings. The number of aromatic nitrogens is 2. The Labute approximate surface area is 189 Å². The molecule has 1 fully saturated rings. The number of nitrogens with zero attached hydrogens (tertiary/aromatic N) is 2. The zero-order chi connectivity index (χ0) is 22.1. The number of benzene rings is 2. The Morgan fingerprint density at radius 3 is 2.66 bits per heavy atom. The molecule has 2 aromatic carbocycles. The summed E-state index contributed by atoms with van der Waals surface area (Å²) in [4.78, 5) is 16.7. The molecule has 2 heterocycles. The molecule has 0 spiro atoms. The van der Waals surface area contributed by atoms with Gasteiger partial charge in [0, 0.05) is 34.0 Å². The number of nitrogens with one attached hydrogen (secondary N) is 1. The molecule has 160 valence electrons. The molecule has 32 heavy (non-hydrogen) atoms. The summed E-state index contributed by atoms with van der Waals surface area (Å²) in [6.07, 6.45) is 7.58. The van der Waals surface area contributed by atoms with Crippen LogP contribution in [0, 0.1) is 6.92 Å². The van der Waals surface area contributed by atoms with E-state index in [0.29, 0.717) is 11.5 Å². The molecule has 0 aliphatic heterocycles. The minimum Gasteiger partial charge on any atom is -0.478 e. The average Bonchev–Trinajstić information content (AvgIpc) is 3.58. The minimum atomic E-state index is -0.921. The predicted octanol–water partition coefficient (Wildman–Crippen LogP) is 6.41. The maximum atomic E-state index is 11.5. The van der Waals surface area contributed by atoms with Gasteiger partial charge in [-0.2, -0.15) is 0 Å². The van der Waals surface area contributed by atoms with Crippen LogP contribution >= 0.6 is 11.9 Å². The van der Waals surface area contributed by atoms with Crippen molar-refractivity contribution in [1.82, 2.24) is 10.1 Å². The quantitative estimate of drug-likeness (QED) is 0.319. The Kier molecular flexibility index (Phi) is 5.41. The fourth-order valence-electron chi connectivity index (χ4n) is 3.74. The highest BCUT2D eigenvalue weighted by molar-refractivity contribution is 8.00. The van der Waals surface area contributed by atoms with Crippen molar-refractivity contribution in [3.63, 3.8) is 0 Å². The van der Waals surface area contributed by atoms with Gasteiger partial charge >= 0.3 is 5.97 Å². The molecule has 4 aromatic rings. The van der Waals surface area contributed by atoms with Crippen molar-refractivity contribution in [3.8, 4) is 22.3 Å². The number of aryl methyl sites for hydroxylation is 1. The van der Waals surface area contributed by atoms with E-state index in [0.717, 1.165) is 51.4 Å². The van der Waals surface area contributed by atoms with Gasteiger partial charge in [0.2, 0.25) is 0 Å². The first-order valence-electron chi connectivity index (χ1n) is 10.4. The van der Waals surface area contributed by atoms with Gasteiger partial charge in [-0.15, -0.1) is 0 Å². The topological polar surface area (TPSA) is 88.3 Å². The molecule has 0 unspecified atom stereocenters. The summed E-state index contributed by atoms with van der Waals surface area (Å²) in [5.41, 5.74) is 6.31. The van der Waals surface area contributed by atoms with Crippen molar-refractivity contribution in [2.75, 3.05) is 4.72 Å². The first kappa shape index (κ1) is 20.3. The summed E-state index contributed by atoms with van der Waals surface area (Å²) in [7, 11) is 0. The maximum Gasteiger partial charge on any atom is 0.335 e. The molecular weight excluding hydrogens is 422 g/mol. The molecular formula is C25H21N3O3S. The third kappa shape index (κ3) is 4.11. The van der Waals surface area contributed by atoms with Crippen molar-refractivity contribution in [2.24, 2.45) is 0 Å². The largest absolute Gasteiger partial charge is 0.478 e. The van der Waals surface area contributed by atoms with Gasteiger partial charge in [-0.1, -0.05) is 29.4 Å². The van der Waals surface area contributed by atoms with Crippen molar-refractivity contribution in [1.29, 1.82) is 0 Å². The molecule has 0 amide bonds. The monoisotopic (exact) mass is 443 g/mol. The highest BCUT2D eigenvalue weighted by atomic mass is 32.2. The van der Waals surface area contributed by atoms with Gasteiger partial charge in [0.05, 0.1) is 17.4 Å². The number of hydrogen-bond donors (Lipinski definition) is 2. The lowest BCUT2D eigenvalue weighted by atomic mass is 10.00. The van der Waals surface area contributed by atoms with E-state index in [1.807, 2.05) is 37.4 Å². The number of aromatic carboxylic acids is 1. The summed E-state index contributed by atoms with van der Waals surface area (Å²) in [5.74, 6) is 0.337. The Hall–Kier alpha value is -3.58. The Morgan fingerprint density at radius 2 is 1.97 bits per heavy atom. The van der Waals surface area contributed by atoms with E-state index in [1.165, 1.54) is 17.5 Å². The molecule has 2 N–H and O–H groups in total. The highest BCUT2D eigenvalue weighted by Crippen LogP contribution is 2.45. The molecule has 0 atom stereocenters. The van der Waals surface area contributed by atoms with Gasteiger partial charge in [0.25, 0.3) is 0 Å². The van der Waals surface area contributed by atoms with Crippen LogP contribution in [0.5, 0.6) is 0 Å². The summed E-state index contributed by atoms with van der Waals surface area (Å²) in [6, 6.07) is 15.5. The number of carboxylic acid groups (broad SMARTS) is 1. The molecule has 0 bridgehead atoms. The van der Waals surface area contributed by atoms with Crippen LogP contribution in [0.1, 0.15) is 40.4 Å². The van der Waals surface area contributed by atoms with E-state index < -0.39 is 5.97 Å². The second-order valence-electron chi connectivity index (χ2n) is 7.83. The molecule has 7 heteroatoms. The van der Waals surface area contributed by atoms with Crippen molar-refractivity contribution >= 4 is 23.6 Å². The highest BCUT2D eigenvalue weighted by Gasteiger charge is 2.27. The molecule has 0 saturated heterocycles. The molecule has 1 saturated carbocycles. The smallest absolute Gasteiger partial charge is 0.335 e. The van der Waals surface area contributed by atoms with Gasteiger partial charge < -0.3 is 14.4 Å². The third-order valence-electron chi connectivity index (χ3n) is 5.60. The fraction of sp³-hybridized carbons (Fsp3) is 0.160. The van der Waals surface area contributed by atoms with E-state index in [4.69, 9.17) is 4.52 Å². The Morgan fingerprint density at radius 1 is 1.09 bits per heavy atom. The number of carbonyl (C=O) groups is 1. The molecule has 2 aromatic heterocycles. The van der Waals surface area contributed by atoms with Crippen LogP contribution in [0.25, 0.3) is 22.3 Å². The van der Waals surface area contributed by atoms with Crippen LogP contribution in [0.15, 0.2) is 76.5 Å². The lowest BCUT2D eigenvalue weighted by Gasteiger charge is -2.15. The van der Waals surface area contributed by atoms with Crippen LogP contribution in [0.2, 0.25) is 0 Å².